The Kier molecular flexibility index (Phi) is 6.06. The molecular weight excluding hydrogens is 266 g/mol. The molecule has 0 aromatic heterocycles. The number of ether oxygens (including phenoxy) is 1. The van der Waals surface area contributed by atoms with Crippen molar-refractivity contribution >= 4 is 19.9 Å². The first-order valence-corrected chi connectivity index (χ1v) is 9.07. The summed E-state index contributed by atoms with van der Waals surface area (Å²) in [5.74, 6) is -0.189. The number of nitrogens with zero attached hydrogens (tertiary/aromatic N) is 1. The molecule has 8 heteroatoms. The minimum Gasteiger partial charge on any atom is -0.373 e. The van der Waals surface area contributed by atoms with Gasteiger partial charge in [0.2, 0.25) is 10.0 Å². The molecule has 0 rings (SSSR count). The third-order valence-corrected chi connectivity index (χ3v) is 4.24. The van der Waals surface area contributed by atoms with Crippen LogP contribution >= 0.6 is 0 Å². The van der Waals surface area contributed by atoms with Gasteiger partial charge in [0.15, 0.2) is 0 Å². The van der Waals surface area contributed by atoms with Gasteiger partial charge in [-0.2, -0.15) is 0 Å². The number of rotatable bonds is 7. The monoisotopic (exact) mass is 287 g/mol. The summed E-state index contributed by atoms with van der Waals surface area (Å²) in [4.78, 5) is 0. The van der Waals surface area contributed by atoms with E-state index >= 15 is 0 Å². The van der Waals surface area contributed by atoms with Crippen LogP contribution < -0.4 is 0 Å². The Balaban J connectivity index is 4.72. The first-order valence-electron chi connectivity index (χ1n) is 5.16. The van der Waals surface area contributed by atoms with Crippen LogP contribution in [0.25, 0.3) is 0 Å². The van der Waals surface area contributed by atoms with E-state index in [1.165, 1.54) is 7.05 Å². The smallest absolute Gasteiger partial charge is 0.211 e. The van der Waals surface area contributed by atoms with Crippen LogP contribution in [0.5, 0.6) is 0 Å². The van der Waals surface area contributed by atoms with Crippen LogP contribution in [0.3, 0.4) is 0 Å². The van der Waals surface area contributed by atoms with Crippen molar-refractivity contribution in [1.82, 2.24) is 4.31 Å². The lowest BCUT2D eigenvalue weighted by Crippen LogP contribution is -2.39. The highest BCUT2D eigenvalue weighted by Gasteiger charge is 2.22. The van der Waals surface area contributed by atoms with Gasteiger partial charge in [0.05, 0.1) is 24.2 Å². The van der Waals surface area contributed by atoms with Crippen molar-refractivity contribution in [3.63, 3.8) is 0 Å². The second-order valence-corrected chi connectivity index (χ2v) is 8.72. The fourth-order valence-electron chi connectivity index (χ4n) is 1.28. The van der Waals surface area contributed by atoms with E-state index in [0.717, 1.165) is 16.8 Å². The van der Waals surface area contributed by atoms with Gasteiger partial charge in [0.25, 0.3) is 0 Å². The molecule has 1 unspecified atom stereocenters. The quantitative estimate of drug-likeness (QED) is 0.643. The summed E-state index contributed by atoms with van der Waals surface area (Å²) < 4.78 is 51.4. The van der Waals surface area contributed by atoms with Crippen molar-refractivity contribution in [2.75, 3.05) is 31.9 Å². The molecule has 0 fully saturated rings. The van der Waals surface area contributed by atoms with Crippen molar-refractivity contribution in [2.45, 2.75) is 26.1 Å². The summed E-state index contributed by atoms with van der Waals surface area (Å²) in [6.07, 6.45) is 1.36. The first-order chi connectivity index (χ1) is 7.42. The lowest BCUT2D eigenvalue weighted by atomic mass is 10.4. The first kappa shape index (κ1) is 16.8. The molecule has 0 aliphatic heterocycles. The van der Waals surface area contributed by atoms with Crippen molar-refractivity contribution < 1.29 is 21.6 Å². The van der Waals surface area contributed by atoms with E-state index in [9.17, 15) is 16.8 Å². The van der Waals surface area contributed by atoms with Gasteiger partial charge < -0.3 is 4.74 Å². The summed E-state index contributed by atoms with van der Waals surface area (Å²) in [6, 6.07) is 0. The largest absolute Gasteiger partial charge is 0.373 e. The molecule has 17 heavy (non-hydrogen) atoms. The van der Waals surface area contributed by atoms with Crippen LogP contribution in [0, 0.1) is 0 Å². The summed E-state index contributed by atoms with van der Waals surface area (Å²) in [6.45, 7) is 3.58. The Hall–Kier alpha value is -0.180. The molecule has 0 aromatic rings. The van der Waals surface area contributed by atoms with Gasteiger partial charge >= 0.3 is 0 Å². The maximum Gasteiger partial charge on any atom is 0.211 e. The molecule has 1 atom stereocenters. The molecule has 104 valence electrons. The molecule has 0 aliphatic carbocycles. The molecule has 0 aliphatic rings. The zero-order chi connectivity index (χ0) is 13.9. The lowest BCUT2D eigenvalue weighted by Gasteiger charge is -2.24. The highest BCUT2D eigenvalue weighted by molar-refractivity contribution is 7.90. The molecule has 0 bridgehead atoms. The second kappa shape index (κ2) is 6.12. The van der Waals surface area contributed by atoms with Gasteiger partial charge in [0.1, 0.15) is 9.84 Å². The van der Waals surface area contributed by atoms with E-state index in [1.807, 2.05) is 0 Å². The van der Waals surface area contributed by atoms with E-state index in [2.05, 4.69) is 0 Å². The van der Waals surface area contributed by atoms with Crippen molar-refractivity contribution in [3.8, 4) is 0 Å². The molecule has 0 radical (unpaired) electrons. The van der Waals surface area contributed by atoms with Gasteiger partial charge in [0, 0.05) is 19.8 Å². The van der Waals surface area contributed by atoms with Crippen LogP contribution in [0.2, 0.25) is 0 Å². The summed E-state index contributed by atoms with van der Waals surface area (Å²) >= 11 is 0. The number of sulfonamides is 1. The molecule has 0 spiro atoms. The van der Waals surface area contributed by atoms with Crippen molar-refractivity contribution in [3.05, 3.63) is 0 Å². The fourth-order valence-corrected chi connectivity index (χ4v) is 2.58. The van der Waals surface area contributed by atoms with Crippen LogP contribution in [-0.2, 0) is 24.6 Å². The van der Waals surface area contributed by atoms with Crippen LogP contribution in [0.15, 0.2) is 0 Å². The van der Waals surface area contributed by atoms with Crippen LogP contribution in [0.1, 0.15) is 13.8 Å². The average molecular weight is 287 g/mol. The van der Waals surface area contributed by atoms with Crippen LogP contribution in [-0.4, -0.2) is 65.2 Å². The molecule has 0 saturated carbocycles. The summed E-state index contributed by atoms with van der Waals surface area (Å²) in [5.41, 5.74) is 0. The molecular formula is C9H21NO5S2. The van der Waals surface area contributed by atoms with Crippen LogP contribution in [0.4, 0.5) is 0 Å². The second-order valence-electron chi connectivity index (χ2n) is 4.44. The Morgan fingerprint density at radius 3 is 1.88 bits per heavy atom. The Labute approximate surface area is 104 Å². The van der Waals surface area contributed by atoms with Gasteiger partial charge in [-0.1, -0.05) is 0 Å². The van der Waals surface area contributed by atoms with Crippen molar-refractivity contribution in [1.29, 1.82) is 0 Å². The highest BCUT2D eigenvalue weighted by atomic mass is 32.2. The van der Waals surface area contributed by atoms with E-state index < -0.39 is 26.0 Å². The minimum absolute atomic E-state index is 0.0318. The van der Waals surface area contributed by atoms with E-state index in [0.29, 0.717) is 0 Å². The van der Waals surface area contributed by atoms with E-state index in [4.69, 9.17) is 4.74 Å². The molecule has 0 aromatic carbocycles. The fraction of sp³-hybridized carbons (Fsp3) is 1.00. The SMILES string of the molecule is CC(C)OC(CN(C)S(C)(=O)=O)CS(C)(=O)=O. The summed E-state index contributed by atoms with van der Waals surface area (Å²) in [5, 5.41) is 0. The summed E-state index contributed by atoms with van der Waals surface area (Å²) in [7, 11) is -5.14. The Morgan fingerprint density at radius 2 is 1.59 bits per heavy atom. The predicted molar refractivity (Wildman–Crippen MR) is 67.2 cm³/mol. The molecule has 0 N–H and O–H groups in total. The van der Waals surface area contributed by atoms with Gasteiger partial charge in [-0.25, -0.2) is 21.1 Å². The third-order valence-electron chi connectivity index (χ3n) is 1.98. The maximum absolute atomic E-state index is 11.2. The zero-order valence-electron chi connectivity index (χ0n) is 10.9. The molecule has 0 saturated heterocycles. The predicted octanol–water partition coefficient (Wildman–Crippen LogP) is -0.284. The van der Waals surface area contributed by atoms with E-state index in [1.54, 1.807) is 13.8 Å². The number of hydrogen-bond donors (Lipinski definition) is 0. The molecule has 6 nitrogen and oxygen atoms in total. The maximum atomic E-state index is 11.2. The number of hydrogen-bond acceptors (Lipinski definition) is 5. The standard InChI is InChI=1S/C9H21NO5S2/c1-8(2)15-9(7-16(4,11)12)6-10(3)17(5,13)14/h8-9H,6-7H2,1-5H3. The number of likely N-dealkylation sites (N-methyl/N-ethyl adjacent to an activating group) is 1. The molecule has 0 heterocycles. The van der Waals surface area contributed by atoms with E-state index in [-0.39, 0.29) is 18.4 Å². The van der Waals surface area contributed by atoms with Gasteiger partial charge in [-0.05, 0) is 13.8 Å². The normalized spacial score (nSPS) is 15.5. The Bertz CT molecular complexity index is 426. The van der Waals surface area contributed by atoms with Gasteiger partial charge in [-0.3, -0.25) is 0 Å². The topological polar surface area (TPSA) is 80.8 Å². The minimum atomic E-state index is -3.33. The zero-order valence-corrected chi connectivity index (χ0v) is 12.5. The average Bonchev–Trinajstić information content (AvgIpc) is 1.96. The highest BCUT2D eigenvalue weighted by Crippen LogP contribution is 2.06. The lowest BCUT2D eigenvalue weighted by molar-refractivity contribution is 0.0139. The molecule has 0 amide bonds. The number of sulfone groups is 1. The van der Waals surface area contributed by atoms with Gasteiger partial charge in [-0.15, -0.1) is 0 Å². The third kappa shape index (κ3) is 8.53. The Morgan fingerprint density at radius 1 is 1.12 bits per heavy atom. The van der Waals surface area contributed by atoms with Crippen molar-refractivity contribution in [2.24, 2.45) is 0 Å².